The van der Waals surface area contributed by atoms with Crippen molar-refractivity contribution in [1.82, 2.24) is 5.32 Å². The van der Waals surface area contributed by atoms with Crippen LogP contribution in [0.2, 0.25) is 0 Å². The summed E-state index contributed by atoms with van der Waals surface area (Å²) in [5.41, 5.74) is -0.552. The topological polar surface area (TPSA) is 61.7 Å². The molecule has 1 saturated carbocycles. The smallest absolute Gasteiger partial charge is 0.0633 e. The quantitative estimate of drug-likeness (QED) is 0.545. The Morgan fingerprint density at radius 2 is 1.92 bits per heavy atom. The van der Waals surface area contributed by atoms with Crippen molar-refractivity contribution in [3.05, 3.63) is 0 Å². The predicted molar refractivity (Wildman–Crippen MR) is 49.5 cm³/mol. The number of hydrogen-bond donors (Lipinski definition) is 3. The number of methoxy groups -OCH3 is 1. The molecule has 0 heterocycles. The first kappa shape index (κ1) is 10.9. The van der Waals surface area contributed by atoms with E-state index in [1.54, 1.807) is 7.11 Å². The second-order valence-electron chi connectivity index (χ2n) is 4.05. The minimum atomic E-state index is -0.552. The molecular formula is C9H19NO3. The first-order valence-corrected chi connectivity index (χ1v) is 4.66. The first-order chi connectivity index (χ1) is 6.13. The molecule has 0 aliphatic heterocycles. The van der Waals surface area contributed by atoms with Crippen LogP contribution in [0, 0.1) is 0 Å². The fourth-order valence-corrected chi connectivity index (χ4v) is 1.51. The summed E-state index contributed by atoms with van der Waals surface area (Å²) in [6, 6.07) is 0.370. The van der Waals surface area contributed by atoms with E-state index in [1.165, 1.54) is 0 Å². The van der Waals surface area contributed by atoms with Gasteiger partial charge in [-0.1, -0.05) is 0 Å². The molecule has 1 aliphatic rings. The summed E-state index contributed by atoms with van der Waals surface area (Å²) in [5.74, 6) is 0. The van der Waals surface area contributed by atoms with Crippen LogP contribution in [0.3, 0.4) is 0 Å². The molecule has 3 N–H and O–H groups in total. The third-order valence-corrected chi connectivity index (χ3v) is 2.68. The molecule has 4 heteroatoms. The van der Waals surface area contributed by atoms with E-state index in [4.69, 9.17) is 14.9 Å². The summed E-state index contributed by atoms with van der Waals surface area (Å²) in [4.78, 5) is 0. The Morgan fingerprint density at radius 3 is 2.31 bits per heavy atom. The van der Waals surface area contributed by atoms with Crippen molar-refractivity contribution < 1.29 is 14.9 Å². The summed E-state index contributed by atoms with van der Waals surface area (Å²) in [5, 5.41) is 21.3. The minimum absolute atomic E-state index is 0.0440. The molecule has 0 spiro atoms. The molecular weight excluding hydrogens is 170 g/mol. The van der Waals surface area contributed by atoms with Gasteiger partial charge in [0.15, 0.2) is 0 Å². The SMILES string of the molecule is COC1CC(NC(C)(CO)CO)C1. The molecule has 4 nitrogen and oxygen atoms in total. The Labute approximate surface area is 78.9 Å². The molecule has 0 amide bonds. The molecule has 1 rings (SSSR count). The molecule has 13 heavy (non-hydrogen) atoms. The van der Waals surface area contributed by atoms with Crippen molar-refractivity contribution in [2.75, 3.05) is 20.3 Å². The van der Waals surface area contributed by atoms with Gasteiger partial charge in [-0.3, -0.25) is 0 Å². The standard InChI is InChI=1S/C9H19NO3/c1-9(5-11,6-12)10-7-3-8(4-7)13-2/h7-8,10-12H,3-6H2,1-2H3. The van der Waals surface area contributed by atoms with Crippen LogP contribution < -0.4 is 5.32 Å². The van der Waals surface area contributed by atoms with Gasteiger partial charge in [0.25, 0.3) is 0 Å². The lowest BCUT2D eigenvalue weighted by Crippen LogP contribution is -2.58. The highest BCUT2D eigenvalue weighted by Gasteiger charge is 2.34. The molecule has 0 atom stereocenters. The van der Waals surface area contributed by atoms with Crippen molar-refractivity contribution in [3.63, 3.8) is 0 Å². The van der Waals surface area contributed by atoms with Crippen molar-refractivity contribution in [2.24, 2.45) is 0 Å². The van der Waals surface area contributed by atoms with Gasteiger partial charge in [-0.2, -0.15) is 0 Å². The number of nitrogens with one attached hydrogen (secondary N) is 1. The van der Waals surface area contributed by atoms with E-state index in [0.29, 0.717) is 12.1 Å². The van der Waals surface area contributed by atoms with Crippen LogP contribution in [0.4, 0.5) is 0 Å². The lowest BCUT2D eigenvalue weighted by Gasteiger charge is -2.40. The molecule has 0 saturated heterocycles. The van der Waals surface area contributed by atoms with Gasteiger partial charge >= 0.3 is 0 Å². The van der Waals surface area contributed by atoms with Gasteiger partial charge in [-0.25, -0.2) is 0 Å². The van der Waals surface area contributed by atoms with Gasteiger partial charge in [-0.15, -0.1) is 0 Å². The number of ether oxygens (including phenoxy) is 1. The van der Waals surface area contributed by atoms with Gasteiger partial charge in [0.1, 0.15) is 0 Å². The predicted octanol–water partition coefficient (Wildman–Crippen LogP) is -0.503. The van der Waals surface area contributed by atoms with E-state index >= 15 is 0 Å². The molecule has 0 radical (unpaired) electrons. The van der Waals surface area contributed by atoms with E-state index in [1.807, 2.05) is 6.92 Å². The second-order valence-corrected chi connectivity index (χ2v) is 4.05. The Kier molecular flexibility index (Phi) is 3.67. The maximum atomic E-state index is 9.02. The van der Waals surface area contributed by atoms with Crippen molar-refractivity contribution in [3.8, 4) is 0 Å². The molecule has 1 aliphatic carbocycles. The monoisotopic (exact) mass is 189 g/mol. The van der Waals surface area contributed by atoms with Crippen LogP contribution in [0.25, 0.3) is 0 Å². The lowest BCUT2D eigenvalue weighted by atomic mass is 9.87. The molecule has 0 aromatic rings. The molecule has 78 valence electrons. The normalized spacial score (nSPS) is 28.6. The zero-order chi connectivity index (χ0) is 9.90. The maximum Gasteiger partial charge on any atom is 0.0633 e. The summed E-state index contributed by atoms with van der Waals surface area (Å²) < 4.78 is 5.13. The third kappa shape index (κ3) is 2.64. The van der Waals surface area contributed by atoms with Crippen LogP contribution in [-0.4, -0.2) is 48.2 Å². The molecule has 0 aromatic heterocycles. The Balaban J connectivity index is 2.25. The highest BCUT2D eigenvalue weighted by Crippen LogP contribution is 2.24. The Bertz CT molecular complexity index is 153. The van der Waals surface area contributed by atoms with E-state index in [0.717, 1.165) is 12.8 Å². The maximum absolute atomic E-state index is 9.02. The van der Waals surface area contributed by atoms with Crippen LogP contribution in [0.1, 0.15) is 19.8 Å². The number of rotatable bonds is 5. The van der Waals surface area contributed by atoms with Crippen molar-refractivity contribution in [1.29, 1.82) is 0 Å². The summed E-state index contributed by atoms with van der Waals surface area (Å²) >= 11 is 0. The largest absolute Gasteiger partial charge is 0.394 e. The summed E-state index contributed by atoms with van der Waals surface area (Å²) in [6.07, 6.45) is 2.28. The van der Waals surface area contributed by atoms with Gasteiger partial charge in [0.2, 0.25) is 0 Å². The molecule has 0 aromatic carbocycles. The lowest BCUT2D eigenvalue weighted by molar-refractivity contribution is -0.00446. The van der Waals surface area contributed by atoms with Crippen molar-refractivity contribution in [2.45, 2.75) is 37.5 Å². The first-order valence-electron chi connectivity index (χ1n) is 4.66. The second kappa shape index (κ2) is 4.37. The van der Waals surface area contributed by atoms with Gasteiger partial charge in [0.05, 0.1) is 24.9 Å². The third-order valence-electron chi connectivity index (χ3n) is 2.68. The number of hydrogen-bond acceptors (Lipinski definition) is 4. The molecule has 0 unspecified atom stereocenters. The van der Waals surface area contributed by atoms with Crippen LogP contribution in [0.5, 0.6) is 0 Å². The van der Waals surface area contributed by atoms with Gasteiger partial charge in [0, 0.05) is 13.2 Å². The average molecular weight is 189 g/mol. The van der Waals surface area contributed by atoms with Gasteiger partial charge < -0.3 is 20.3 Å². The highest BCUT2D eigenvalue weighted by atomic mass is 16.5. The van der Waals surface area contributed by atoms with Crippen molar-refractivity contribution >= 4 is 0 Å². The number of aliphatic hydroxyl groups excluding tert-OH is 2. The van der Waals surface area contributed by atoms with E-state index in [9.17, 15) is 0 Å². The Hall–Kier alpha value is -0.160. The van der Waals surface area contributed by atoms with Crippen LogP contribution in [0.15, 0.2) is 0 Å². The molecule has 1 fully saturated rings. The summed E-state index contributed by atoms with van der Waals surface area (Å²) in [6.45, 7) is 1.72. The van der Waals surface area contributed by atoms with Crippen LogP contribution in [-0.2, 0) is 4.74 Å². The van der Waals surface area contributed by atoms with E-state index < -0.39 is 5.54 Å². The minimum Gasteiger partial charge on any atom is -0.394 e. The molecule has 0 bridgehead atoms. The number of aliphatic hydroxyl groups is 2. The zero-order valence-corrected chi connectivity index (χ0v) is 8.29. The Morgan fingerprint density at radius 1 is 1.38 bits per heavy atom. The van der Waals surface area contributed by atoms with Gasteiger partial charge in [-0.05, 0) is 19.8 Å². The average Bonchev–Trinajstić information content (AvgIpc) is 2.10. The zero-order valence-electron chi connectivity index (χ0n) is 8.29. The van der Waals surface area contributed by atoms with E-state index in [-0.39, 0.29) is 13.2 Å². The fraction of sp³-hybridized carbons (Fsp3) is 1.00. The summed E-state index contributed by atoms with van der Waals surface area (Å²) in [7, 11) is 1.71. The fourth-order valence-electron chi connectivity index (χ4n) is 1.51. The van der Waals surface area contributed by atoms with Crippen LogP contribution >= 0.6 is 0 Å². The highest BCUT2D eigenvalue weighted by molar-refractivity contribution is 4.93. The van der Waals surface area contributed by atoms with E-state index in [2.05, 4.69) is 5.32 Å².